The second-order valence-electron chi connectivity index (χ2n) is 5.85. The van der Waals surface area contributed by atoms with Crippen molar-refractivity contribution in [1.29, 1.82) is 0 Å². The number of hydrogen-bond donors (Lipinski definition) is 0. The van der Waals surface area contributed by atoms with Crippen LogP contribution in [0.25, 0.3) is 21.5 Å². The second-order valence-corrected chi connectivity index (χ2v) is 6.71. The zero-order chi connectivity index (χ0) is 17.4. The Balaban J connectivity index is 1.66. The number of nitrogens with zero attached hydrogens (tertiary/aromatic N) is 3. The number of aryl methyl sites for hydroxylation is 1. The number of halogens is 1. The predicted molar refractivity (Wildman–Crippen MR) is 97.4 cm³/mol. The van der Waals surface area contributed by atoms with Crippen molar-refractivity contribution in [2.45, 2.75) is 13.5 Å². The topological polar surface area (TPSA) is 47.8 Å². The zero-order valence-corrected chi connectivity index (χ0v) is 14.3. The van der Waals surface area contributed by atoms with Gasteiger partial charge in [-0.05, 0) is 19.1 Å². The van der Waals surface area contributed by atoms with Gasteiger partial charge in [-0.3, -0.25) is 9.36 Å². The average molecular weight is 351 g/mol. The molecule has 0 saturated carbocycles. The van der Waals surface area contributed by atoms with E-state index >= 15 is 0 Å². The first-order chi connectivity index (χ1) is 12.1. The molecule has 0 atom stereocenters. The standard InChI is InChI=1S/C19H14FN3OS/c1-12-2-4-13(5-3-12)18-22-15(10-25-18)9-23-11-21-17-8-14(20)6-7-16(17)19(23)24/h2-8,10-11H,9H2,1H3. The fourth-order valence-corrected chi connectivity index (χ4v) is 3.44. The van der Waals surface area contributed by atoms with Crippen molar-refractivity contribution < 1.29 is 4.39 Å². The Hall–Kier alpha value is -2.86. The normalized spacial score (nSPS) is 11.1. The van der Waals surface area contributed by atoms with Crippen LogP contribution in [-0.2, 0) is 6.54 Å². The monoisotopic (exact) mass is 351 g/mol. The Bertz CT molecular complexity index is 1120. The highest BCUT2D eigenvalue weighted by Crippen LogP contribution is 2.24. The maximum Gasteiger partial charge on any atom is 0.261 e. The summed E-state index contributed by atoms with van der Waals surface area (Å²) in [6, 6.07) is 12.2. The number of benzene rings is 2. The van der Waals surface area contributed by atoms with Crippen LogP contribution < -0.4 is 5.56 Å². The van der Waals surface area contributed by atoms with E-state index in [9.17, 15) is 9.18 Å². The minimum Gasteiger partial charge on any atom is -0.293 e. The summed E-state index contributed by atoms with van der Waals surface area (Å²) in [5.41, 5.74) is 3.22. The molecule has 0 aliphatic heterocycles. The van der Waals surface area contributed by atoms with Crippen LogP contribution in [0.5, 0.6) is 0 Å². The molecular formula is C19H14FN3OS. The summed E-state index contributed by atoms with van der Waals surface area (Å²) in [4.78, 5) is 21.3. The van der Waals surface area contributed by atoms with Gasteiger partial charge in [0.1, 0.15) is 10.8 Å². The van der Waals surface area contributed by atoms with Crippen molar-refractivity contribution in [1.82, 2.24) is 14.5 Å². The van der Waals surface area contributed by atoms with Crippen LogP contribution >= 0.6 is 11.3 Å². The first-order valence-corrected chi connectivity index (χ1v) is 8.64. The van der Waals surface area contributed by atoms with Crippen LogP contribution in [-0.4, -0.2) is 14.5 Å². The molecule has 4 nitrogen and oxygen atoms in total. The van der Waals surface area contributed by atoms with Gasteiger partial charge in [0.05, 0.1) is 29.5 Å². The lowest BCUT2D eigenvalue weighted by atomic mass is 10.2. The number of hydrogen-bond acceptors (Lipinski definition) is 4. The van der Waals surface area contributed by atoms with Gasteiger partial charge >= 0.3 is 0 Å². The van der Waals surface area contributed by atoms with Gasteiger partial charge in [0.2, 0.25) is 0 Å². The molecule has 0 fully saturated rings. The Morgan fingerprint density at radius 2 is 1.96 bits per heavy atom. The quantitative estimate of drug-likeness (QED) is 0.560. The molecule has 2 aromatic heterocycles. The van der Waals surface area contributed by atoms with E-state index in [1.807, 2.05) is 36.6 Å². The zero-order valence-electron chi connectivity index (χ0n) is 13.4. The van der Waals surface area contributed by atoms with Crippen molar-refractivity contribution in [3.05, 3.63) is 81.6 Å². The molecule has 6 heteroatoms. The largest absolute Gasteiger partial charge is 0.293 e. The molecule has 0 spiro atoms. The van der Waals surface area contributed by atoms with E-state index in [2.05, 4.69) is 9.97 Å². The highest BCUT2D eigenvalue weighted by molar-refractivity contribution is 7.13. The number of fused-ring (bicyclic) bond motifs is 1. The summed E-state index contributed by atoms with van der Waals surface area (Å²) in [6.07, 6.45) is 1.44. The highest BCUT2D eigenvalue weighted by atomic mass is 32.1. The molecule has 0 aliphatic carbocycles. The maximum absolute atomic E-state index is 13.2. The van der Waals surface area contributed by atoms with E-state index in [1.165, 1.54) is 34.7 Å². The summed E-state index contributed by atoms with van der Waals surface area (Å²) < 4.78 is 14.7. The van der Waals surface area contributed by atoms with Gasteiger partial charge in [0.15, 0.2) is 0 Å². The van der Waals surface area contributed by atoms with Gasteiger partial charge in [-0.2, -0.15) is 0 Å². The van der Waals surface area contributed by atoms with Gasteiger partial charge in [-0.15, -0.1) is 11.3 Å². The lowest BCUT2D eigenvalue weighted by Gasteiger charge is -2.04. The van der Waals surface area contributed by atoms with Crippen LogP contribution in [0.1, 0.15) is 11.3 Å². The summed E-state index contributed by atoms with van der Waals surface area (Å²) >= 11 is 1.54. The molecule has 4 aromatic rings. The van der Waals surface area contributed by atoms with E-state index < -0.39 is 5.82 Å². The lowest BCUT2D eigenvalue weighted by Crippen LogP contribution is -2.21. The van der Waals surface area contributed by atoms with E-state index in [4.69, 9.17) is 0 Å². The summed E-state index contributed by atoms with van der Waals surface area (Å²) in [7, 11) is 0. The molecular weight excluding hydrogens is 337 g/mol. The number of rotatable bonds is 3. The molecule has 0 N–H and O–H groups in total. The smallest absolute Gasteiger partial charge is 0.261 e. The van der Waals surface area contributed by atoms with Crippen molar-refractivity contribution in [3.8, 4) is 10.6 Å². The molecule has 0 aliphatic rings. The molecule has 25 heavy (non-hydrogen) atoms. The molecule has 0 bridgehead atoms. The van der Waals surface area contributed by atoms with Gasteiger partial charge in [-0.25, -0.2) is 14.4 Å². The van der Waals surface area contributed by atoms with Crippen molar-refractivity contribution >= 4 is 22.2 Å². The number of aromatic nitrogens is 3. The third-order valence-corrected chi connectivity index (χ3v) is 4.91. The minimum atomic E-state index is -0.403. The maximum atomic E-state index is 13.2. The second kappa shape index (κ2) is 6.22. The highest BCUT2D eigenvalue weighted by Gasteiger charge is 2.09. The average Bonchev–Trinajstić information content (AvgIpc) is 3.06. The van der Waals surface area contributed by atoms with Gasteiger partial charge in [0.25, 0.3) is 5.56 Å². The molecule has 2 heterocycles. The van der Waals surface area contributed by atoms with Crippen LogP contribution in [0.3, 0.4) is 0 Å². The first-order valence-electron chi connectivity index (χ1n) is 7.76. The van der Waals surface area contributed by atoms with Crippen molar-refractivity contribution in [3.63, 3.8) is 0 Å². The Labute approximate surface area is 147 Å². The molecule has 0 radical (unpaired) electrons. The van der Waals surface area contributed by atoms with Crippen molar-refractivity contribution in [2.24, 2.45) is 0 Å². The minimum absolute atomic E-state index is 0.199. The van der Waals surface area contributed by atoms with Crippen LogP contribution in [0.4, 0.5) is 4.39 Å². The van der Waals surface area contributed by atoms with Gasteiger partial charge in [0, 0.05) is 17.0 Å². The predicted octanol–water partition coefficient (Wildman–Crippen LogP) is 4.02. The molecule has 124 valence electrons. The van der Waals surface area contributed by atoms with Crippen molar-refractivity contribution in [2.75, 3.05) is 0 Å². The third-order valence-electron chi connectivity index (χ3n) is 3.97. The van der Waals surface area contributed by atoms with E-state index in [1.54, 1.807) is 11.3 Å². The Kier molecular flexibility index (Phi) is 3.89. The molecule has 0 unspecified atom stereocenters. The van der Waals surface area contributed by atoms with Gasteiger partial charge in [-0.1, -0.05) is 29.8 Å². The SMILES string of the molecule is Cc1ccc(-c2nc(Cn3cnc4cc(F)ccc4c3=O)cs2)cc1. The van der Waals surface area contributed by atoms with E-state index in [-0.39, 0.29) is 5.56 Å². The fourth-order valence-electron chi connectivity index (χ4n) is 2.63. The molecule has 4 rings (SSSR count). The molecule has 0 amide bonds. The Morgan fingerprint density at radius 3 is 2.76 bits per heavy atom. The fraction of sp³-hybridized carbons (Fsp3) is 0.105. The van der Waals surface area contributed by atoms with E-state index in [0.29, 0.717) is 17.4 Å². The first kappa shape index (κ1) is 15.7. The van der Waals surface area contributed by atoms with Crippen LogP contribution in [0.2, 0.25) is 0 Å². The van der Waals surface area contributed by atoms with E-state index in [0.717, 1.165) is 16.3 Å². The van der Waals surface area contributed by atoms with Crippen LogP contribution in [0, 0.1) is 12.7 Å². The molecule has 2 aromatic carbocycles. The summed E-state index contributed by atoms with van der Waals surface area (Å²) in [6.45, 7) is 2.38. The summed E-state index contributed by atoms with van der Waals surface area (Å²) in [5.74, 6) is -0.403. The van der Waals surface area contributed by atoms with Crippen LogP contribution in [0.15, 0.2) is 59.0 Å². The molecule has 0 saturated heterocycles. The lowest BCUT2D eigenvalue weighted by molar-refractivity contribution is 0.629. The number of thiazole rings is 1. The summed E-state index contributed by atoms with van der Waals surface area (Å²) in [5, 5.41) is 3.26. The third kappa shape index (κ3) is 3.08. The van der Waals surface area contributed by atoms with Gasteiger partial charge < -0.3 is 0 Å². The Morgan fingerprint density at radius 1 is 1.16 bits per heavy atom.